The van der Waals surface area contributed by atoms with Gasteiger partial charge in [-0.25, -0.2) is 4.79 Å². The van der Waals surface area contributed by atoms with Gasteiger partial charge in [-0.15, -0.1) is 0 Å². The van der Waals surface area contributed by atoms with Crippen molar-refractivity contribution in [3.63, 3.8) is 0 Å². The van der Waals surface area contributed by atoms with Gasteiger partial charge in [0.1, 0.15) is 6.04 Å². The monoisotopic (exact) mass is 470 g/mol. The van der Waals surface area contributed by atoms with Crippen molar-refractivity contribution in [1.82, 2.24) is 10.6 Å². The summed E-state index contributed by atoms with van der Waals surface area (Å²) in [6, 6.07) is 6.57. The van der Waals surface area contributed by atoms with E-state index < -0.39 is 12.0 Å². The SMILES string of the molecule is NC(N)=NCCCCCC(Nc1ccc(CC(NC(=O)C2CCCN2)C(=O)O)cc1)=C1CCC1. The molecule has 1 saturated heterocycles. The van der Waals surface area contributed by atoms with Crippen molar-refractivity contribution in [2.24, 2.45) is 16.5 Å². The van der Waals surface area contributed by atoms with E-state index in [0.717, 1.165) is 69.2 Å². The Hall–Kier alpha value is -3.07. The van der Waals surface area contributed by atoms with Gasteiger partial charge in [-0.3, -0.25) is 9.79 Å². The number of carboxylic acid groups (broad SMARTS) is 1. The lowest BCUT2D eigenvalue weighted by Gasteiger charge is -2.24. The smallest absolute Gasteiger partial charge is 0.326 e. The molecule has 2 atom stereocenters. The molecule has 1 heterocycles. The molecule has 1 aliphatic heterocycles. The lowest BCUT2D eigenvalue weighted by Crippen LogP contribution is -2.49. The summed E-state index contributed by atoms with van der Waals surface area (Å²) in [6.07, 6.45) is 9.53. The van der Waals surface area contributed by atoms with E-state index in [1.54, 1.807) is 0 Å². The summed E-state index contributed by atoms with van der Waals surface area (Å²) in [7, 11) is 0. The molecule has 0 radical (unpaired) electrons. The van der Waals surface area contributed by atoms with Gasteiger partial charge in [0, 0.05) is 24.4 Å². The lowest BCUT2D eigenvalue weighted by atomic mass is 9.89. The second-order valence-electron chi connectivity index (χ2n) is 9.13. The number of nitrogens with zero attached hydrogens (tertiary/aromatic N) is 1. The first-order valence-corrected chi connectivity index (χ1v) is 12.3. The second kappa shape index (κ2) is 13.0. The molecular weight excluding hydrogens is 432 g/mol. The third kappa shape index (κ3) is 8.06. The molecule has 1 aromatic carbocycles. The first-order valence-electron chi connectivity index (χ1n) is 12.3. The van der Waals surface area contributed by atoms with Crippen LogP contribution in [-0.2, 0) is 16.0 Å². The average molecular weight is 471 g/mol. The van der Waals surface area contributed by atoms with Gasteiger partial charge in [-0.2, -0.15) is 0 Å². The third-order valence-corrected chi connectivity index (χ3v) is 6.44. The van der Waals surface area contributed by atoms with Gasteiger partial charge < -0.3 is 32.5 Å². The van der Waals surface area contributed by atoms with E-state index in [2.05, 4.69) is 20.9 Å². The molecule has 34 heavy (non-hydrogen) atoms. The van der Waals surface area contributed by atoms with Crippen LogP contribution >= 0.6 is 0 Å². The number of nitrogens with one attached hydrogen (secondary N) is 3. The van der Waals surface area contributed by atoms with Crippen LogP contribution in [0.1, 0.15) is 63.4 Å². The number of aliphatic carboxylic acids is 1. The summed E-state index contributed by atoms with van der Waals surface area (Å²) < 4.78 is 0. The standard InChI is InChI=1S/C25H38N6O3/c26-25(27)29-14-3-1-2-8-20(18-6-4-7-18)30-19-12-10-17(11-13-19)16-22(24(33)34)31-23(32)21-9-5-15-28-21/h10-13,21-22,28,30H,1-9,14-16H2,(H,31,32)(H,33,34)(H4,26,27,29). The Morgan fingerprint density at radius 1 is 1.12 bits per heavy atom. The molecule has 1 saturated carbocycles. The summed E-state index contributed by atoms with van der Waals surface area (Å²) in [5.41, 5.74) is 15.4. The molecule has 0 aromatic heterocycles. The van der Waals surface area contributed by atoms with Crippen LogP contribution in [0.2, 0.25) is 0 Å². The summed E-state index contributed by atoms with van der Waals surface area (Å²) in [4.78, 5) is 28.1. The Morgan fingerprint density at radius 2 is 1.88 bits per heavy atom. The molecule has 186 valence electrons. The van der Waals surface area contributed by atoms with E-state index in [-0.39, 0.29) is 24.3 Å². The molecule has 9 heteroatoms. The molecule has 1 amide bonds. The predicted octanol–water partition coefficient (Wildman–Crippen LogP) is 2.23. The van der Waals surface area contributed by atoms with Crippen LogP contribution in [0.5, 0.6) is 0 Å². The van der Waals surface area contributed by atoms with E-state index in [0.29, 0.717) is 6.54 Å². The van der Waals surface area contributed by atoms with Crippen molar-refractivity contribution >= 4 is 23.5 Å². The Morgan fingerprint density at radius 3 is 2.47 bits per heavy atom. The molecule has 3 rings (SSSR count). The summed E-state index contributed by atoms with van der Waals surface area (Å²) in [5, 5.41) is 19.0. The fourth-order valence-electron chi connectivity index (χ4n) is 4.30. The number of carbonyl (C=O) groups is 2. The molecule has 0 bridgehead atoms. The summed E-state index contributed by atoms with van der Waals surface area (Å²) >= 11 is 0. The van der Waals surface area contributed by atoms with Gasteiger partial charge in [0.25, 0.3) is 0 Å². The number of benzene rings is 1. The summed E-state index contributed by atoms with van der Waals surface area (Å²) in [5.74, 6) is -1.12. The van der Waals surface area contributed by atoms with Crippen LogP contribution in [0.25, 0.3) is 0 Å². The Bertz CT molecular complexity index is 880. The molecule has 2 aliphatic rings. The second-order valence-corrected chi connectivity index (χ2v) is 9.13. The highest BCUT2D eigenvalue weighted by atomic mass is 16.4. The maximum Gasteiger partial charge on any atom is 0.326 e. The molecule has 8 N–H and O–H groups in total. The minimum Gasteiger partial charge on any atom is -0.480 e. The number of allylic oxidation sites excluding steroid dienone is 2. The Labute approximate surface area is 201 Å². The minimum absolute atomic E-state index is 0.144. The van der Waals surface area contributed by atoms with Crippen molar-refractivity contribution in [3.05, 3.63) is 41.1 Å². The largest absolute Gasteiger partial charge is 0.480 e. The third-order valence-electron chi connectivity index (χ3n) is 6.44. The van der Waals surface area contributed by atoms with Crippen molar-refractivity contribution in [1.29, 1.82) is 0 Å². The number of guanidine groups is 1. The van der Waals surface area contributed by atoms with Crippen LogP contribution in [0.4, 0.5) is 5.69 Å². The lowest BCUT2D eigenvalue weighted by molar-refractivity contribution is -0.142. The average Bonchev–Trinajstić information content (AvgIpc) is 3.30. The van der Waals surface area contributed by atoms with Gasteiger partial charge >= 0.3 is 5.97 Å². The topological polar surface area (TPSA) is 155 Å². The maximum atomic E-state index is 12.3. The Kier molecular flexibility index (Phi) is 9.75. The molecule has 1 aromatic rings. The zero-order valence-electron chi connectivity index (χ0n) is 19.8. The summed E-state index contributed by atoms with van der Waals surface area (Å²) in [6.45, 7) is 1.46. The zero-order valence-corrected chi connectivity index (χ0v) is 19.8. The van der Waals surface area contributed by atoms with Crippen molar-refractivity contribution < 1.29 is 14.7 Å². The van der Waals surface area contributed by atoms with Gasteiger partial charge in [-0.1, -0.05) is 24.1 Å². The Balaban J connectivity index is 1.51. The number of rotatable bonds is 13. The molecule has 2 unspecified atom stereocenters. The number of unbranched alkanes of at least 4 members (excludes halogenated alkanes) is 2. The fourth-order valence-corrected chi connectivity index (χ4v) is 4.30. The zero-order chi connectivity index (χ0) is 24.3. The number of hydrogen-bond acceptors (Lipinski definition) is 5. The first-order chi connectivity index (χ1) is 16.4. The van der Waals surface area contributed by atoms with E-state index in [9.17, 15) is 14.7 Å². The van der Waals surface area contributed by atoms with E-state index >= 15 is 0 Å². The van der Waals surface area contributed by atoms with Crippen LogP contribution in [0, 0.1) is 0 Å². The van der Waals surface area contributed by atoms with E-state index in [4.69, 9.17) is 11.5 Å². The maximum absolute atomic E-state index is 12.3. The van der Waals surface area contributed by atoms with Crippen LogP contribution < -0.4 is 27.4 Å². The van der Waals surface area contributed by atoms with E-state index in [1.165, 1.54) is 17.7 Å². The number of hydrogen-bond donors (Lipinski definition) is 6. The molecular formula is C25H38N6O3. The van der Waals surface area contributed by atoms with Gasteiger partial charge in [0.05, 0.1) is 6.04 Å². The molecule has 0 spiro atoms. The number of amides is 1. The quantitative estimate of drug-likeness (QED) is 0.147. The molecule has 2 fully saturated rings. The number of anilines is 1. The normalized spacial score (nSPS) is 18.0. The number of carbonyl (C=O) groups excluding carboxylic acids is 1. The van der Waals surface area contributed by atoms with Crippen molar-refractivity contribution in [2.75, 3.05) is 18.4 Å². The fraction of sp³-hybridized carbons (Fsp3) is 0.560. The van der Waals surface area contributed by atoms with Gasteiger partial charge in [-0.05, 0) is 75.6 Å². The van der Waals surface area contributed by atoms with Gasteiger partial charge in [0.15, 0.2) is 5.96 Å². The highest BCUT2D eigenvalue weighted by Gasteiger charge is 2.27. The number of aliphatic imine (C=N–C) groups is 1. The van der Waals surface area contributed by atoms with E-state index in [1.807, 2.05) is 24.3 Å². The molecule has 1 aliphatic carbocycles. The minimum atomic E-state index is -1.02. The number of carboxylic acids is 1. The van der Waals surface area contributed by atoms with Crippen molar-refractivity contribution in [3.8, 4) is 0 Å². The van der Waals surface area contributed by atoms with Crippen LogP contribution in [-0.4, -0.2) is 48.1 Å². The predicted molar refractivity (Wildman–Crippen MR) is 134 cm³/mol. The number of nitrogens with two attached hydrogens (primary N) is 2. The highest BCUT2D eigenvalue weighted by Crippen LogP contribution is 2.31. The van der Waals surface area contributed by atoms with Gasteiger partial charge in [0.2, 0.25) is 5.91 Å². The highest BCUT2D eigenvalue weighted by molar-refractivity contribution is 5.87. The molecule has 9 nitrogen and oxygen atoms in total. The van der Waals surface area contributed by atoms with Crippen molar-refractivity contribution in [2.45, 2.75) is 76.3 Å². The first kappa shape index (κ1) is 25.6. The van der Waals surface area contributed by atoms with Crippen LogP contribution in [0.15, 0.2) is 40.5 Å². The van der Waals surface area contributed by atoms with Crippen LogP contribution in [0.3, 0.4) is 0 Å².